The Morgan fingerprint density at radius 1 is 1.37 bits per heavy atom. The monoisotopic (exact) mass is 275 g/mol. The Morgan fingerprint density at radius 3 is 2.74 bits per heavy atom. The number of primary amides is 1. The Kier molecular flexibility index (Phi) is 2.94. The molecule has 0 spiro atoms. The van der Waals surface area contributed by atoms with Gasteiger partial charge >= 0.3 is 0 Å². The van der Waals surface area contributed by atoms with Crippen molar-refractivity contribution in [3.8, 4) is 11.4 Å². The van der Waals surface area contributed by atoms with Crippen LogP contribution in [0.2, 0.25) is 0 Å². The van der Waals surface area contributed by atoms with Crippen molar-refractivity contribution in [3.05, 3.63) is 41.2 Å². The van der Waals surface area contributed by atoms with Gasteiger partial charge in [0.2, 0.25) is 0 Å². The minimum absolute atomic E-state index is 0.438. The predicted molar refractivity (Wildman–Crippen MR) is 73.6 cm³/mol. The van der Waals surface area contributed by atoms with Crippen LogP contribution in [-0.2, 0) is 11.5 Å². The number of benzene rings is 1. The Labute approximate surface area is 114 Å². The molecule has 0 aliphatic carbocycles. The molecule has 98 valence electrons. The van der Waals surface area contributed by atoms with Gasteiger partial charge in [-0.1, -0.05) is 0 Å². The molecule has 5 nitrogen and oxygen atoms in total. The van der Waals surface area contributed by atoms with Crippen LogP contribution in [0, 0.1) is 0 Å². The molecule has 1 aromatic carbocycles. The van der Waals surface area contributed by atoms with Gasteiger partial charge in [-0.25, -0.2) is 4.68 Å². The molecule has 19 heavy (non-hydrogen) atoms. The fraction of sp³-hybridized carbons (Fsp3) is 0.231. The lowest BCUT2D eigenvalue weighted by Crippen LogP contribution is -2.18. The van der Waals surface area contributed by atoms with Gasteiger partial charge in [0.1, 0.15) is 11.4 Å². The van der Waals surface area contributed by atoms with E-state index in [0.717, 1.165) is 34.2 Å². The first-order valence-electron chi connectivity index (χ1n) is 5.83. The van der Waals surface area contributed by atoms with E-state index < -0.39 is 5.91 Å². The van der Waals surface area contributed by atoms with Crippen molar-refractivity contribution in [3.63, 3.8) is 0 Å². The Hall–Kier alpha value is -1.95. The van der Waals surface area contributed by atoms with E-state index in [-0.39, 0.29) is 0 Å². The molecule has 0 saturated heterocycles. The first-order valence-corrected chi connectivity index (χ1v) is 6.99. The average Bonchev–Trinajstić information content (AvgIpc) is 2.98. The summed E-state index contributed by atoms with van der Waals surface area (Å²) in [5.41, 5.74) is 8.72. The van der Waals surface area contributed by atoms with Crippen LogP contribution in [-0.4, -0.2) is 22.8 Å². The number of nitrogens with zero attached hydrogens (tertiary/aromatic N) is 2. The third kappa shape index (κ3) is 1.98. The smallest absolute Gasteiger partial charge is 0.267 e. The first-order chi connectivity index (χ1) is 9.20. The highest BCUT2D eigenvalue weighted by molar-refractivity contribution is 7.98. The summed E-state index contributed by atoms with van der Waals surface area (Å²) in [6.07, 6.45) is 0. The lowest BCUT2D eigenvalue weighted by molar-refractivity contribution is 0.0992. The zero-order valence-electron chi connectivity index (χ0n) is 10.4. The molecular weight excluding hydrogens is 262 g/mol. The highest BCUT2D eigenvalue weighted by Gasteiger charge is 2.26. The van der Waals surface area contributed by atoms with Crippen molar-refractivity contribution in [1.29, 1.82) is 0 Å². The highest BCUT2D eigenvalue weighted by atomic mass is 32.2. The number of aromatic nitrogens is 2. The summed E-state index contributed by atoms with van der Waals surface area (Å²) in [6, 6.07) is 7.39. The van der Waals surface area contributed by atoms with Crippen LogP contribution in [0.5, 0.6) is 5.75 Å². The van der Waals surface area contributed by atoms with Gasteiger partial charge in [-0.2, -0.15) is 16.9 Å². The number of nitrogens with two attached hydrogens (primary N) is 1. The number of thioether (sulfide) groups is 1. The molecule has 0 atom stereocenters. The maximum Gasteiger partial charge on any atom is 0.267 e. The number of fused-ring (bicyclic) bond motifs is 1. The summed E-state index contributed by atoms with van der Waals surface area (Å²) in [5, 5.41) is 4.49. The number of carbonyl (C=O) groups is 1. The number of hydrogen-bond donors (Lipinski definition) is 1. The van der Waals surface area contributed by atoms with Crippen LogP contribution in [0.1, 0.15) is 21.7 Å². The molecule has 0 unspecified atom stereocenters. The van der Waals surface area contributed by atoms with Crippen LogP contribution in [0.25, 0.3) is 5.69 Å². The summed E-state index contributed by atoms with van der Waals surface area (Å²) >= 11 is 1.75. The quantitative estimate of drug-likeness (QED) is 0.926. The molecule has 1 amide bonds. The Bertz CT molecular complexity index is 634. The van der Waals surface area contributed by atoms with Gasteiger partial charge in [0.25, 0.3) is 5.91 Å². The van der Waals surface area contributed by atoms with E-state index in [2.05, 4.69) is 5.10 Å². The second kappa shape index (κ2) is 4.62. The summed E-state index contributed by atoms with van der Waals surface area (Å²) in [4.78, 5) is 11.7. The average molecular weight is 275 g/mol. The second-order valence-electron chi connectivity index (χ2n) is 4.24. The van der Waals surface area contributed by atoms with Gasteiger partial charge in [-0.15, -0.1) is 0 Å². The van der Waals surface area contributed by atoms with E-state index in [1.54, 1.807) is 23.6 Å². The lowest BCUT2D eigenvalue weighted by atomic mass is 10.2. The topological polar surface area (TPSA) is 70.1 Å². The third-order valence-electron chi connectivity index (χ3n) is 3.10. The van der Waals surface area contributed by atoms with Gasteiger partial charge < -0.3 is 10.5 Å². The standard InChI is InChI=1S/C13H13N3O2S/c1-18-9-4-2-8(3-5-9)16-12(13(14)17)10-6-19-7-11(10)15-16/h2-5H,6-7H2,1H3,(H2,14,17). The van der Waals surface area contributed by atoms with Crippen molar-refractivity contribution in [2.45, 2.75) is 11.5 Å². The number of rotatable bonds is 3. The largest absolute Gasteiger partial charge is 0.497 e. The van der Waals surface area contributed by atoms with Gasteiger partial charge in [0.05, 0.1) is 18.5 Å². The lowest BCUT2D eigenvalue weighted by Gasteiger charge is -2.07. The van der Waals surface area contributed by atoms with Gasteiger partial charge in [-0.05, 0) is 24.3 Å². The van der Waals surface area contributed by atoms with Crippen molar-refractivity contribution in [2.24, 2.45) is 5.73 Å². The van der Waals surface area contributed by atoms with Crippen LogP contribution in [0.15, 0.2) is 24.3 Å². The van der Waals surface area contributed by atoms with Crippen molar-refractivity contribution in [1.82, 2.24) is 9.78 Å². The first kappa shape index (κ1) is 12.1. The normalized spacial score (nSPS) is 13.3. The molecule has 6 heteroatoms. The SMILES string of the molecule is COc1ccc(-n2nc3c(c2C(N)=O)CSC3)cc1. The predicted octanol–water partition coefficient (Wildman–Crippen LogP) is 1.73. The highest BCUT2D eigenvalue weighted by Crippen LogP contribution is 2.32. The Morgan fingerprint density at radius 2 is 2.11 bits per heavy atom. The minimum Gasteiger partial charge on any atom is -0.497 e. The van der Waals surface area contributed by atoms with E-state index >= 15 is 0 Å². The molecule has 1 aliphatic rings. The van der Waals surface area contributed by atoms with Crippen molar-refractivity contribution in [2.75, 3.05) is 7.11 Å². The zero-order valence-corrected chi connectivity index (χ0v) is 11.2. The second-order valence-corrected chi connectivity index (χ2v) is 5.23. The van der Waals surface area contributed by atoms with Crippen molar-refractivity contribution >= 4 is 17.7 Å². The molecule has 1 aromatic heterocycles. The molecule has 0 radical (unpaired) electrons. The number of amides is 1. The van der Waals surface area contributed by atoms with Crippen LogP contribution in [0.3, 0.4) is 0 Å². The maximum atomic E-state index is 11.7. The number of hydrogen-bond acceptors (Lipinski definition) is 4. The molecule has 2 heterocycles. The third-order valence-corrected chi connectivity index (χ3v) is 4.07. The molecular formula is C13H13N3O2S. The van der Waals surface area contributed by atoms with E-state index in [9.17, 15) is 4.79 Å². The number of methoxy groups -OCH3 is 1. The molecule has 2 N–H and O–H groups in total. The molecule has 1 aliphatic heterocycles. The maximum absolute atomic E-state index is 11.7. The molecule has 3 rings (SSSR count). The van der Waals surface area contributed by atoms with E-state index in [1.807, 2.05) is 24.3 Å². The minimum atomic E-state index is -0.438. The Balaban J connectivity index is 2.11. The van der Waals surface area contributed by atoms with E-state index in [1.165, 1.54) is 0 Å². The molecule has 0 saturated carbocycles. The number of carbonyl (C=O) groups excluding carboxylic acids is 1. The van der Waals surface area contributed by atoms with Gasteiger partial charge in [-0.3, -0.25) is 4.79 Å². The van der Waals surface area contributed by atoms with Gasteiger partial charge in [0, 0.05) is 17.1 Å². The molecule has 2 aromatic rings. The zero-order chi connectivity index (χ0) is 13.4. The van der Waals surface area contributed by atoms with Crippen LogP contribution < -0.4 is 10.5 Å². The summed E-state index contributed by atoms with van der Waals surface area (Å²) in [5.74, 6) is 1.95. The summed E-state index contributed by atoms with van der Waals surface area (Å²) in [7, 11) is 1.61. The van der Waals surface area contributed by atoms with E-state index in [4.69, 9.17) is 10.5 Å². The fourth-order valence-corrected chi connectivity index (χ4v) is 3.21. The fourth-order valence-electron chi connectivity index (χ4n) is 2.18. The van der Waals surface area contributed by atoms with Crippen molar-refractivity contribution < 1.29 is 9.53 Å². The molecule has 0 bridgehead atoms. The summed E-state index contributed by atoms with van der Waals surface area (Å²) in [6.45, 7) is 0. The van der Waals surface area contributed by atoms with Crippen LogP contribution >= 0.6 is 11.8 Å². The van der Waals surface area contributed by atoms with E-state index in [0.29, 0.717) is 5.69 Å². The number of ether oxygens (including phenoxy) is 1. The van der Waals surface area contributed by atoms with Gasteiger partial charge in [0.15, 0.2) is 0 Å². The summed E-state index contributed by atoms with van der Waals surface area (Å²) < 4.78 is 6.75. The van der Waals surface area contributed by atoms with Crippen LogP contribution in [0.4, 0.5) is 0 Å². The molecule has 0 fully saturated rings.